The van der Waals surface area contributed by atoms with Crippen molar-refractivity contribution in [3.8, 4) is 0 Å². The first-order chi connectivity index (χ1) is 10.1. The minimum atomic E-state index is -1.08. The Labute approximate surface area is 122 Å². The molecule has 2 aromatic rings. The van der Waals surface area contributed by atoms with Crippen molar-refractivity contribution in [1.82, 2.24) is 19.5 Å². The highest BCUT2D eigenvalue weighted by Crippen LogP contribution is 2.22. The van der Waals surface area contributed by atoms with Crippen LogP contribution < -0.4 is 5.73 Å². The number of nitrogens with two attached hydrogens (primary N) is 1. The molecule has 8 heteroatoms. The summed E-state index contributed by atoms with van der Waals surface area (Å²) >= 11 is 0. The van der Waals surface area contributed by atoms with E-state index in [2.05, 4.69) is 28.8 Å². The summed E-state index contributed by atoms with van der Waals surface area (Å²) in [4.78, 5) is 12.1. The molecule has 4 N–H and O–H groups in total. The van der Waals surface area contributed by atoms with Crippen LogP contribution in [0.1, 0.15) is 26.5 Å². The van der Waals surface area contributed by atoms with Crippen molar-refractivity contribution >= 4 is 17.0 Å². The van der Waals surface area contributed by atoms with Gasteiger partial charge in [-0.2, -0.15) is 0 Å². The topological polar surface area (TPSA) is 119 Å². The van der Waals surface area contributed by atoms with E-state index in [0.29, 0.717) is 23.7 Å². The van der Waals surface area contributed by atoms with Gasteiger partial charge in [-0.25, -0.2) is 15.0 Å². The quantitative estimate of drug-likeness (QED) is 0.673. The molecule has 3 unspecified atom stereocenters. The van der Waals surface area contributed by atoms with Gasteiger partial charge in [0.2, 0.25) is 0 Å². The molecular formula is C13H21N5O3. The predicted molar refractivity (Wildman–Crippen MR) is 77.3 cm³/mol. The van der Waals surface area contributed by atoms with Gasteiger partial charge < -0.3 is 20.7 Å². The van der Waals surface area contributed by atoms with Crippen molar-refractivity contribution in [3.05, 3.63) is 12.7 Å². The number of imidazole rings is 1. The zero-order chi connectivity index (χ0) is 15.4. The lowest BCUT2D eigenvalue weighted by molar-refractivity contribution is -0.104. The molecule has 0 spiro atoms. The summed E-state index contributed by atoms with van der Waals surface area (Å²) in [6.45, 7) is 4.14. The fourth-order valence-corrected chi connectivity index (χ4v) is 1.90. The number of hydrogen-bond acceptors (Lipinski definition) is 7. The van der Waals surface area contributed by atoms with Crippen molar-refractivity contribution in [2.75, 3.05) is 18.9 Å². The van der Waals surface area contributed by atoms with Gasteiger partial charge >= 0.3 is 0 Å². The normalized spacial score (nSPS) is 16.0. The van der Waals surface area contributed by atoms with Crippen LogP contribution in [0.5, 0.6) is 0 Å². The molecule has 0 bridgehead atoms. The number of ether oxygens (including phenoxy) is 1. The first kappa shape index (κ1) is 15.6. The highest BCUT2D eigenvalue weighted by Gasteiger charge is 2.24. The molecule has 21 heavy (non-hydrogen) atoms. The monoisotopic (exact) mass is 295 g/mol. The summed E-state index contributed by atoms with van der Waals surface area (Å²) < 4.78 is 7.32. The fraction of sp³-hybridized carbons (Fsp3) is 0.615. The molecular weight excluding hydrogens is 274 g/mol. The number of aliphatic hydroxyl groups is 2. The van der Waals surface area contributed by atoms with Crippen LogP contribution in [0.4, 0.5) is 5.82 Å². The number of nitrogens with zero attached hydrogens (tertiary/aromatic N) is 4. The third kappa shape index (κ3) is 3.29. The van der Waals surface area contributed by atoms with Gasteiger partial charge in [0.05, 0.1) is 19.5 Å². The summed E-state index contributed by atoms with van der Waals surface area (Å²) in [6.07, 6.45) is 1.91. The molecule has 0 saturated carbocycles. The van der Waals surface area contributed by atoms with Crippen LogP contribution in [-0.2, 0) is 4.74 Å². The summed E-state index contributed by atoms with van der Waals surface area (Å²) in [5, 5.41) is 19.2. The van der Waals surface area contributed by atoms with Crippen molar-refractivity contribution in [1.29, 1.82) is 0 Å². The lowest BCUT2D eigenvalue weighted by Crippen LogP contribution is -2.30. The van der Waals surface area contributed by atoms with E-state index in [0.717, 1.165) is 6.42 Å². The molecule has 0 amide bonds. The van der Waals surface area contributed by atoms with Crippen LogP contribution in [0.2, 0.25) is 0 Å². The highest BCUT2D eigenvalue weighted by molar-refractivity contribution is 5.81. The van der Waals surface area contributed by atoms with E-state index in [1.54, 1.807) is 4.57 Å². The lowest BCUT2D eigenvalue weighted by atomic mass is 10.1. The first-order valence-corrected chi connectivity index (χ1v) is 6.92. The Morgan fingerprint density at radius 1 is 1.38 bits per heavy atom. The van der Waals surface area contributed by atoms with Gasteiger partial charge in [-0.15, -0.1) is 0 Å². The maximum atomic E-state index is 10.0. The molecule has 0 aliphatic heterocycles. The van der Waals surface area contributed by atoms with E-state index in [9.17, 15) is 10.2 Å². The standard InChI is InChI=1S/C13H21N5O3/c1-3-8(2)5-21-13(9(20)4-19)18-7-17-10-11(14)15-6-16-12(10)18/h6-9,13,19-20H,3-5H2,1-2H3,(H2,14,15,16). The van der Waals surface area contributed by atoms with Gasteiger partial charge in [-0.05, 0) is 5.92 Å². The third-order valence-corrected chi connectivity index (χ3v) is 3.43. The van der Waals surface area contributed by atoms with Crippen LogP contribution in [0.15, 0.2) is 12.7 Å². The maximum Gasteiger partial charge on any atom is 0.167 e. The van der Waals surface area contributed by atoms with E-state index in [1.165, 1.54) is 12.7 Å². The second-order valence-electron chi connectivity index (χ2n) is 5.07. The van der Waals surface area contributed by atoms with E-state index in [-0.39, 0.29) is 5.82 Å². The predicted octanol–water partition coefficient (Wildman–Crippen LogP) is 0.323. The van der Waals surface area contributed by atoms with E-state index < -0.39 is 18.9 Å². The minimum Gasteiger partial charge on any atom is -0.394 e. The Kier molecular flexibility index (Phi) is 5.05. The van der Waals surface area contributed by atoms with Crippen molar-refractivity contribution in [2.24, 2.45) is 5.92 Å². The molecule has 0 aliphatic rings. The summed E-state index contributed by atoms with van der Waals surface area (Å²) in [5.74, 6) is 0.603. The van der Waals surface area contributed by atoms with Crippen molar-refractivity contribution in [2.45, 2.75) is 32.6 Å². The van der Waals surface area contributed by atoms with Crippen molar-refractivity contribution < 1.29 is 14.9 Å². The average Bonchev–Trinajstić information content (AvgIpc) is 2.92. The Hall–Kier alpha value is -1.77. The number of fused-ring (bicyclic) bond motifs is 1. The van der Waals surface area contributed by atoms with E-state index in [1.807, 2.05) is 0 Å². The molecule has 8 nitrogen and oxygen atoms in total. The second-order valence-corrected chi connectivity index (χ2v) is 5.07. The summed E-state index contributed by atoms with van der Waals surface area (Å²) in [5.41, 5.74) is 6.65. The smallest absolute Gasteiger partial charge is 0.167 e. The number of aromatic nitrogens is 4. The zero-order valence-corrected chi connectivity index (χ0v) is 12.2. The average molecular weight is 295 g/mol. The molecule has 0 fully saturated rings. The van der Waals surface area contributed by atoms with Gasteiger partial charge in [0.15, 0.2) is 17.7 Å². The Morgan fingerprint density at radius 3 is 2.81 bits per heavy atom. The van der Waals surface area contributed by atoms with Gasteiger partial charge in [-0.3, -0.25) is 4.57 Å². The van der Waals surface area contributed by atoms with Crippen LogP contribution in [-0.4, -0.2) is 49.0 Å². The molecule has 116 valence electrons. The van der Waals surface area contributed by atoms with E-state index >= 15 is 0 Å². The lowest BCUT2D eigenvalue weighted by Gasteiger charge is -2.24. The Bertz CT molecular complexity index is 588. The van der Waals surface area contributed by atoms with Crippen LogP contribution in [0.3, 0.4) is 0 Å². The third-order valence-electron chi connectivity index (χ3n) is 3.43. The molecule has 0 radical (unpaired) electrons. The molecule has 2 heterocycles. The Balaban J connectivity index is 2.32. The summed E-state index contributed by atoms with van der Waals surface area (Å²) in [6, 6.07) is 0. The maximum absolute atomic E-state index is 10.0. The van der Waals surface area contributed by atoms with Crippen molar-refractivity contribution in [3.63, 3.8) is 0 Å². The number of rotatable bonds is 7. The summed E-state index contributed by atoms with van der Waals surface area (Å²) in [7, 11) is 0. The number of anilines is 1. The van der Waals surface area contributed by atoms with Gasteiger partial charge in [0.1, 0.15) is 17.9 Å². The molecule has 2 aromatic heterocycles. The highest BCUT2D eigenvalue weighted by atomic mass is 16.5. The van der Waals surface area contributed by atoms with Crippen LogP contribution >= 0.6 is 0 Å². The SMILES string of the molecule is CCC(C)COC(C(O)CO)n1cnc2c(N)ncnc21. The molecule has 2 rings (SSSR count). The zero-order valence-electron chi connectivity index (χ0n) is 12.2. The minimum absolute atomic E-state index is 0.262. The number of aliphatic hydroxyl groups excluding tert-OH is 2. The van der Waals surface area contributed by atoms with E-state index in [4.69, 9.17) is 10.5 Å². The first-order valence-electron chi connectivity index (χ1n) is 6.92. The second kappa shape index (κ2) is 6.79. The van der Waals surface area contributed by atoms with Gasteiger partial charge in [0.25, 0.3) is 0 Å². The largest absolute Gasteiger partial charge is 0.394 e. The van der Waals surface area contributed by atoms with Gasteiger partial charge in [-0.1, -0.05) is 20.3 Å². The number of hydrogen-bond donors (Lipinski definition) is 3. The number of nitrogen functional groups attached to an aromatic ring is 1. The molecule has 0 aromatic carbocycles. The van der Waals surface area contributed by atoms with Gasteiger partial charge in [0, 0.05) is 0 Å². The molecule has 3 atom stereocenters. The Morgan fingerprint density at radius 2 is 2.14 bits per heavy atom. The molecule has 0 aliphatic carbocycles. The molecule has 0 saturated heterocycles. The fourth-order valence-electron chi connectivity index (χ4n) is 1.90. The van der Waals surface area contributed by atoms with Crippen LogP contribution in [0, 0.1) is 5.92 Å². The van der Waals surface area contributed by atoms with Crippen LogP contribution in [0.25, 0.3) is 11.2 Å².